The number of amides is 3. The van der Waals surface area contributed by atoms with Crippen LogP contribution in [0.2, 0.25) is 0 Å². The fourth-order valence-corrected chi connectivity index (χ4v) is 3.33. The van der Waals surface area contributed by atoms with Crippen LogP contribution in [0.25, 0.3) is 17.4 Å². The van der Waals surface area contributed by atoms with Crippen molar-refractivity contribution in [1.82, 2.24) is 10.2 Å². The molecule has 31 heavy (non-hydrogen) atoms. The molecule has 0 spiro atoms. The molecule has 3 amide bonds. The second kappa shape index (κ2) is 8.31. The van der Waals surface area contributed by atoms with E-state index in [9.17, 15) is 14.4 Å². The molecule has 1 aromatic heterocycles. The monoisotopic (exact) mass is 416 g/mol. The molecule has 0 unspecified atom stereocenters. The van der Waals surface area contributed by atoms with Gasteiger partial charge >= 0.3 is 12.0 Å². The van der Waals surface area contributed by atoms with Gasteiger partial charge in [0.2, 0.25) is 0 Å². The molecule has 1 aliphatic rings. The number of nitrogens with zero attached hydrogens (tertiary/aromatic N) is 1. The van der Waals surface area contributed by atoms with Crippen molar-refractivity contribution in [3.63, 3.8) is 0 Å². The molecular formula is C24H20N2O5. The lowest BCUT2D eigenvalue weighted by atomic mass is 10.0. The number of carbonyl (C=O) groups is 3. The molecule has 1 saturated heterocycles. The number of hydrogen-bond donors (Lipinski definition) is 1. The highest BCUT2D eigenvalue weighted by molar-refractivity contribution is 6.13. The second-order valence-corrected chi connectivity index (χ2v) is 7.09. The molecule has 0 saturated carbocycles. The number of hydrogen-bond acceptors (Lipinski definition) is 5. The standard InChI is InChI=1S/C24H20N2O5/c1-15-8-9-17(23(28)30-2)12-19(15)21-11-10-18(31-21)13-20-22(27)26(24(29)25-20)14-16-6-4-3-5-7-16/h3-13H,14H2,1-2H3,(H,25,29)/b20-13+. The smallest absolute Gasteiger partial charge is 0.337 e. The number of imide groups is 1. The molecule has 4 rings (SSSR count). The van der Waals surface area contributed by atoms with E-state index in [1.165, 1.54) is 13.2 Å². The molecule has 1 fully saturated rings. The van der Waals surface area contributed by atoms with Crippen molar-refractivity contribution in [3.05, 3.63) is 88.8 Å². The van der Waals surface area contributed by atoms with Crippen molar-refractivity contribution < 1.29 is 23.5 Å². The summed E-state index contributed by atoms with van der Waals surface area (Å²) in [7, 11) is 1.33. The third-order valence-corrected chi connectivity index (χ3v) is 4.98. The zero-order valence-electron chi connectivity index (χ0n) is 17.0. The number of rotatable bonds is 5. The van der Waals surface area contributed by atoms with Crippen molar-refractivity contribution in [1.29, 1.82) is 0 Å². The van der Waals surface area contributed by atoms with Crippen molar-refractivity contribution in [3.8, 4) is 11.3 Å². The largest absolute Gasteiger partial charge is 0.465 e. The lowest BCUT2D eigenvalue weighted by Gasteiger charge is -2.11. The van der Waals surface area contributed by atoms with E-state index in [1.807, 2.05) is 43.3 Å². The summed E-state index contributed by atoms with van der Waals surface area (Å²) in [5.41, 5.74) is 3.06. The van der Waals surface area contributed by atoms with E-state index in [1.54, 1.807) is 24.3 Å². The van der Waals surface area contributed by atoms with Gasteiger partial charge in [-0.25, -0.2) is 9.59 Å². The second-order valence-electron chi connectivity index (χ2n) is 7.09. The van der Waals surface area contributed by atoms with Crippen LogP contribution >= 0.6 is 0 Å². The normalized spacial score (nSPS) is 14.8. The first-order valence-electron chi connectivity index (χ1n) is 9.64. The molecule has 7 heteroatoms. The maximum Gasteiger partial charge on any atom is 0.337 e. The number of furan rings is 1. The summed E-state index contributed by atoms with van der Waals surface area (Å²) >= 11 is 0. The van der Waals surface area contributed by atoms with Crippen LogP contribution < -0.4 is 5.32 Å². The lowest BCUT2D eigenvalue weighted by molar-refractivity contribution is -0.123. The van der Waals surface area contributed by atoms with Crippen molar-refractivity contribution in [2.24, 2.45) is 0 Å². The Balaban J connectivity index is 1.57. The SMILES string of the molecule is COC(=O)c1ccc(C)c(-c2ccc(/C=C3/NC(=O)N(Cc4ccccc4)C3=O)o2)c1. The molecule has 2 aromatic carbocycles. The third kappa shape index (κ3) is 4.11. The number of benzene rings is 2. The molecule has 2 heterocycles. The summed E-state index contributed by atoms with van der Waals surface area (Å²) in [6.45, 7) is 2.09. The van der Waals surface area contributed by atoms with Crippen molar-refractivity contribution in [2.45, 2.75) is 13.5 Å². The predicted molar refractivity (Wildman–Crippen MR) is 114 cm³/mol. The number of aryl methyl sites for hydroxylation is 1. The highest BCUT2D eigenvalue weighted by atomic mass is 16.5. The molecule has 1 aliphatic heterocycles. The zero-order chi connectivity index (χ0) is 22.0. The first-order valence-corrected chi connectivity index (χ1v) is 9.64. The maximum atomic E-state index is 12.7. The first-order chi connectivity index (χ1) is 15.0. The van der Waals surface area contributed by atoms with Crippen LogP contribution in [-0.4, -0.2) is 29.9 Å². The number of carbonyl (C=O) groups excluding carboxylic acids is 3. The summed E-state index contributed by atoms with van der Waals surface area (Å²) in [5.74, 6) is 0.0830. The zero-order valence-corrected chi connectivity index (χ0v) is 17.0. The minimum Gasteiger partial charge on any atom is -0.465 e. The Labute approximate surface area is 178 Å². The fraction of sp³-hybridized carbons (Fsp3) is 0.125. The summed E-state index contributed by atoms with van der Waals surface area (Å²) in [6, 6.07) is 17.4. The molecule has 3 aromatic rings. The number of ether oxygens (including phenoxy) is 1. The van der Waals surface area contributed by atoms with Gasteiger partial charge in [-0.1, -0.05) is 36.4 Å². The van der Waals surface area contributed by atoms with E-state index in [0.29, 0.717) is 17.1 Å². The molecule has 0 bridgehead atoms. The van der Waals surface area contributed by atoms with Crippen molar-refractivity contribution in [2.75, 3.05) is 7.11 Å². The van der Waals surface area contributed by atoms with Crippen LogP contribution in [0.3, 0.4) is 0 Å². The van der Waals surface area contributed by atoms with Gasteiger partial charge in [0.15, 0.2) is 0 Å². The van der Waals surface area contributed by atoms with Gasteiger partial charge in [0.1, 0.15) is 17.2 Å². The molecule has 156 valence electrons. The highest BCUT2D eigenvalue weighted by Crippen LogP contribution is 2.28. The minimum atomic E-state index is -0.478. The minimum absolute atomic E-state index is 0.141. The van der Waals surface area contributed by atoms with Crippen LogP contribution in [0.15, 0.2) is 70.8 Å². The number of methoxy groups -OCH3 is 1. The Morgan fingerprint density at radius 1 is 1.10 bits per heavy atom. The van der Waals surface area contributed by atoms with Gasteiger partial charge in [-0.2, -0.15) is 0 Å². The molecular weight excluding hydrogens is 396 g/mol. The predicted octanol–water partition coefficient (Wildman–Crippen LogP) is 4.13. The van der Waals surface area contributed by atoms with Gasteiger partial charge < -0.3 is 14.5 Å². The topological polar surface area (TPSA) is 88.9 Å². The Kier molecular flexibility index (Phi) is 5.41. The van der Waals surface area contributed by atoms with E-state index in [-0.39, 0.29) is 12.2 Å². The first kappa shape index (κ1) is 20.2. The van der Waals surface area contributed by atoms with Gasteiger partial charge in [-0.3, -0.25) is 9.69 Å². The maximum absolute atomic E-state index is 12.7. The van der Waals surface area contributed by atoms with Crippen LogP contribution in [0.4, 0.5) is 4.79 Å². The third-order valence-electron chi connectivity index (χ3n) is 4.98. The molecule has 7 nitrogen and oxygen atoms in total. The Morgan fingerprint density at radius 3 is 2.61 bits per heavy atom. The van der Waals surface area contributed by atoms with Gasteiger partial charge in [0.25, 0.3) is 5.91 Å². The number of esters is 1. The molecule has 0 atom stereocenters. The quantitative estimate of drug-likeness (QED) is 0.384. The van der Waals surface area contributed by atoms with E-state index in [2.05, 4.69) is 5.32 Å². The molecule has 0 aliphatic carbocycles. The van der Waals surface area contributed by atoms with Gasteiger partial charge in [-0.15, -0.1) is 0 Å². The Hall–Kier alpha value is -4.13. The van der Waals surface area contributed by atoms with Gasteiger partial charge in [-0.05, 0) is 42.3 Å². The molecule has 0 radical (unpaired) electrons. The lowest BCUT2D eigenvalue weighted by Crippen LogP contribution is -2.30. The van der Waals surface area contributed by atoms with E-state index in [0.717, 1.165) is 21.6 Å². The van der Waals surface area contributed by atoms with E-state index >= 15 is 0 Å². The summed E-state index contributed by atoms with van der Waals surface area (Å²) in [6.07, 6.45) is 1.49. The van der Waals surface area contributed by atoms with Crippen LogP contribution in [0.1, 0.15) is 27.2 Å². The average Bonchev–Trinajstić information content (AvgIpc) is 3.34. The summed E-state index contributed by atoms with van der Waals surface area (Å²) in [4.78, 5) is 37.9. The average molecular weight is 416 g/mol. The Bertz CT molecular complexity index is 1190. The Morgan fingerprint density at radius 2 is 1.87 bits per heavy atom. The van der Waals surface area contributed by atoms with Crippen LogP contribution in [0.5, 0.6) is 0 Å². The summed E-state index contributed by atoms with van der Waals surface area (Å²) in [5, 5.41) is 2.59. The van der Waals surface area contributed by atoms with Gasteiger partial charge in [0, 0.05) is 11.6 Å². The van der Waals surface area contributed by atoms with Gasteiger partial charge in [0.05, 0.1) is 19.2 Å². The van der Waals surface area contributed by atoms with E-state index in [4.69, 9.17) is 9.15 Å². The van der Waals surface area contributed by atoms with Crippen molar-refractivity contribution >= 4 is 24.0 Å². The number of nitrogens with one attached hydrogen (secondary N) is 1. The van der Waals surface area contributed by atoms with Crippen LogP contribution in [-0.2, 0) is 16.1 Å². The number of urea groups is 1. The summed E-state index contributed by atoms with van der Waals surface area (Å²) < 4.78 is 10.6. The van der Waals surface area contributed by atoms with Crippen LogP contribution in [0, 0.1) is 6.92 Å². The molecule has 1 N–H and O–H groups in total. The van der Waals surface area contributed by atoms with E-state index < -0.39 is 17.9 Å². The fourth-order valence-electron chi connectivity index (χ4n) is 3.33. The highest BCUT2D eigenvalue weighted by Gasteiger charge is 2.33.